The molecule has 2 aromatic rings. The summed E-state index contributed by atoms with van der Waals surface area (Å²) in [7, 11) is 1.61. The summed E-state index contributed by atoms with van der Waals surface area (Å²) in [6, 6.07) is 14.3. The number of morpholine rings is 1. The smallest absolute Gasteiger partial charge is 0.405 e. The molecule has 1 heterocycles. The average Bonchev–Trinajstić information content (AvgIpc) is 2.75. The maximum absolute atomic E-state index is 12.6. The summed E-state index contributed by atoms with van der Waals surface area (Å²) in [5.41, 5.74) is 2.70. The summed E-state index contributed by atoms with van der Waals surface area (Å²) in [4.78, 5) is 6.51. The number of benzene rings is 2. The van der Waals surface area contributed by atoms with Gasteiger partial charge in [-0.3, -0.25) is 9.89 Å². The van der Waals surface area contributed by atoms with E-state index < -0.39 is 6.36 Å². The van der Waals surface area contributed by atoms with Gasteiger partial charge in [0.25, 0.3) is 0 Å². The molecule has 2 N–H and O–H groups in total. The molecule has 0 bridgehead atoms. The van der Waals surface area contributed by atoms with Crippen LogP contribution in [-0.2, 0) is 24.4 Å². The van der Waals surface area contributed by atoms with Crippen molar-refractivity contribution >= 4 is 29.9 Å². The SMILES string of the molecule is CN=C(NCc1cccc(CN2CCOCC2)c1)NCc1ccccc1OC(F)(F)F.I. The molecule has 0 saturated carbocycles. The monoisotopic (exact) mass is 564 g/mol. The minimum atomic E-state index is -4.73. The zero-order chi connectivity index (χ0) is 22.1. The Morgan fingerprint density at radius 3 is 2.44 bits per heavy atom. The lowest BCUT2D eigenvalue weighted by molar-refractivity contribution is -0.274. The second-order valence-corrected chi connectivity index (χ2v) is 7.14. The maximum Gasteiger partial charge on any atom is 0.573 e. The number of hydrogen-bond acceptors (Lipinski definition) is 4. The summed E-state index contributed by atoms with van der Waals surface area (Å²) >= 11 is 0. The number of ether oxygens (including phenoxy) is 2. The van der Waals surface area contributed by atoms with Crippen LogP contribution in [-0.4, -0.2) is 50.6 Å². The van der Waals surface area contributed by atoms with Crippen molar-refractivity contribution < 1.29 is 22.6 Å². The van der Waals surface area contributed by atoms with Gasteiger partial charge < -0.3 is 20.1 Å². The molecule has 3 rings (SSSR count). The van der Waals surface area contributed by atoms with Gasteiger partial charge in [-0.25, -0.2) is 0 Å². The molecule has 1 saturated heterocycles. The standard InChI is InChI=1S/C22H27F3N4O2.HI/c1-26-21(28-15-19-7-2-3-8-20(19)31-22(23,24)25)27-14-17-5-4-6-18(13-17)16-29-9-11-30-12-10-29;/h2-8,13H,9-12,14-16H2,1H3,(H2,26,27,28);1H. The Hall–Kier alpha value is -2.05. The molecule has 0 aliphatic carbocycles. The highest BCUT2D eigenvalue weighted by atomic mass is 127. The van der Waals surface area contributed by atoms with Gasteiger partial charge in [-0.15, -0.1) is 37.1 Å². The lowest BCUT2D eigenvalue weighted by atomic mass is 10.1. The van der Waals surface area contributed by atoms with Gasteiger partial charge in [-0.1, -0.05) is 42.5 Å². The predicted molar refractivity (Wildman–Crippen MR) is 128 cm³/mol. The number of rotatable bonds is 7. The van der Waals surface area contributed by atoms with E-state index in [2.05, 4.69) is 37.4 Å². The molecule has 1 fully saturated rings. The first-order chi connectivity index (χ1) is 14.9. The Morgan fingerprint density at radius 1 is 1.03 bits per heavy atom. The molecular formula is C22H28F3IN4O2. The third-order valence-electron chi connectivity index (χ3n) is 4.83. The lowest BCUT2D eigenvalue weighted by Crippen LogP contribution is -2.36. The predicted octanol–water partition coefficient (Wildman–Crippen LogP) is 3.90. The first-order valence-corrected chi connectivity index (χ1v) is 10.1. The van der Waals surface area contributed by atoms with E-state index in [1.807, 2.05) is 12.1 Å². The van der Waals surface area contributed by atoms with Crippen molar-refractivity contribution in [1.82, 2.24) is 15.5 Å². The summed E-state index contributed by atoms with van der Waals surface area (Å²) in [6.45, 7) is 4.94. The summed E-state index contributed by atoms with van der Waals surface area (Å²) in [5, 5.41) is 6.23. The van der Waals surface area contributed by atoms with Crippen LogP contribution in [0.2, 0.25) is 0 Å². The van der Waals surface area contributed by atoms with Crippen molar-refractivity contribution in [3.63, 3.8) is 0 Å². The highest BCUT2D eigenvalue weighted by Gasteiger charge is 2.31. The molecular weight excluding hydrogens is 536 g/mol. The van der Waals surface area contributed by atoms with E-state index in [-0.39, 0.29) is 36.3 Å². The second-order valence-electron chi connectivity index (χ2n) is 7.14. The van der Waals surface area contributed by atoms with Crippen LogP contribution in [0.3, 0.4) is 0 Å². The average molecular weight is 564 g/mol. The number of halogens is 4. The highest BCUT2D eigenvalue weighted by molar-refractivity contribution is 14.0. The molecule has 0 spiro atoms. The molecule has 1 aliphatic rings. The van der Waals surface area contributed by atoms with Crippen LogP contribution in [0.1, 0.15) is 16.7 Å². The molecule has 0 atom stereocenters. The zero-order valence-corrected chi connectivity index (χ0v) is 20.2. The number of guanidine groups is 1. The van der Waals surface area contributed by atoms with Crippen LogP contribution < -0.4 is 15.4 Å². The van der Waals surface area contributed by atoms with Gasteiger partial charge in [0.2, 0.25) is 0 Å². The van der Waals surface area contributed by atoms with E-state index >= 15 is 0 Å². The van der Waals surface area contributed by atoms with E-state index in [0.29, 0.717) is 18.1 Å². The fourth-order valence-corrected chi connectivity index (χ4v) is 3.31. The Balaban J connectivity index is 0.00000363. The molecule has 10 heteroatoms. The van der Waals surface area contributed by atoms with Crippen LogP contribution in [0.15, 0.2) is 53.5 Å². The van der Waals surface area contributed by atoms with Gasteiger partial charge in [-0.05, 0) is 17.2 Å². The molecule has 176 valence electrons. The first-order valence-electron chi connectivity index (χ1n) is 10.1. The molecule has 6 nitrogen and oxygen atoms in total. The van der Waals surface area contributed by atoms with Crippen molar-refractivity contribution in [3.05, 3.63) is 65.2 Å². The van der Waals surface area contributed by atoms with Gasteiger partial charge in [0.15, 0.2) is 5.96 Å². The number of para-hydroxylation sites is 1. The quantitative estimate of drug-likeness (QED) is 0.304. The minimum Gasteiger partial charge on any atom is -0.405 e. The number of nitrogens with zero attached hydrogens (tertiary/aromatic N) is 2. The van der Waals surface area contributed by atoms with Crippen molar-refractivity contribution in [3.8, 4) is 5.75 Å². The summed E-state index contributed by atoms with van der Waals surface area (Å²) < 4.78 is 47.2. The molecule has 32 heavy (non-hydrogen) atoms. The third kappa shape index (κ3) is 8.83. The molecule has 0 amide bonds. The highest BCUT2D eigenvalue weighted by Crippen LogP contribution is 2.26. The Labute approximate surface area is 203 Å². The van der Waals surface area contributed by atoms with E-state index in [1.54, 1.807) is 19.2 Å². The van der Waals surface area contributed by atoms with Gasteiger partial charge in [0.05, 0.1) is 13.2 Å². The largest absolute Gasteiger partial charge is 0.573 e. The summed E-state index contributed by atoms with van der Waals surface area (Å²) in [5.74, 6) is 0.258. The molecule has 1 aliphatic heterocycles. The number of alkyl halides is 3. The van der Waals surface area contributed by atoms with E-state index in [1.165, 1.54) is 17.7 Å². The number of hydrogen-bond donors (Lipinski definition) is 2. The second kappa shape index (κ2) is 12.9. The molecule has 2 aromatic carbocycles. The van der Waals surface area contributed by atoms with Crippen molar-refractivity contribution in [2.75, 3.05) is 33.4 Å². The topological polar surface area (TPSA) is 58.1 Å². The Morgan fingerprint density at radius 2 is 1.72 bits per heavy atom. The van der Waals surface area contributed by atoms with Crippen LogP contribution >= 0.6 is 24.0 Å². The van der Waals surface area contributed by atoms with Gasteiger partial charge in [0, 0.05) is 45.3 Å². The first kappa shape index (κ1) is 26.2. The van der Waals surface area contributed by atoms with E-state index in [0.717, 1.165) is 38.4 Å². The van der Waals surface area contributed by atoms with Crippen LogP contribution in [0.5, 0.6) is 5.75 Å². The zero-order valence-electron chi connectivity index (χ0n) is 17.8. The van der Waals surface area contributed by atoms with Crippen molar-refractivity contribution in [2.24, 2.45) is 4.99 Å². The maximum atomic E-state index is 12.6. The molecule has 0 radical (unpaired) electrons. The fraction of sp³-hybridized carbons (Fsp3) is 0.409. The van der Waals surface area contributed by atoms with Gasteiger partial charge in [0.1, 0.15) is 5.75 Å². The molecule has 0 aromatic heterocycles. The fourth-order valence-electron chi connectivity index (χ4n) is 3.31. The van der Waals surface area contributed by atoms with Crippen LogP contribution in [0, 0.1) is 0 Å². The van der Waals surface area contributed by atoms with Gasteiger partial charge >= 0.3 is 6.36 Å². The Bertz CT molecular complexity index is 874. The lowest BCUT2D eigenvalue weighted by Gasteiger charge is -2.26. The normalized spacial score (nSPS) is 15.1. The van der Waals surface area contributed by atoms with E-state index in [9.17, 15) is 13.2 Å². The van der Waals surface area contributed by atoms with Crippen molar-refractivity contribution in [2.45, 2.75) is 26.0 Å². The van der Waals surface area contributed by atoms with Crippen LogP contribution in [0.4, 0.5) is 13.2 Å². The number of aliphatic imine (C=N–C) groups is 1. The third-order valence-corrected chi connectivity index (χ3v) is 4.83. The number of nitrogens with one attached hydrogen (secondary N) is 2. The van der Waals surface area contributed by atoms with Crippen molar-refractivity contribution in [1.29, 1.82) is 0 Å². The van der Waals surface area contributed by atoms with Gasteiger partial charge in [-0.2, -0.15) is 0 Å². The summed E-state index contributed by atoms with van der Waals surface area (Å²) in [6.07, 6.45) is -4.73. The minimum absolute atomic E-state index is 0. The van der Waals surface area contributed by atoms with E-state index in [4.69, 9.17) is 4.74 Å². The van der Waals surface area contributed by atoms with Crippen LogP contribution in [0.25, 0.3) is 0 Å². The Kier molecular flexibility index (Phi) is 10.5. The molecule has 0 unspecified atom stereocenters.